The number of rotatable bonds is 5. The summed E-state index contributed by atoms with van der Waals surface area (Å²) in [5.41, 5.74) is 1.60. The van der Waals surface area contributed by atoms with Crippen LogP contribution in [0.15, 0.2) is 18.5 Å². The molecule has 0 atom stereocenters. The summed E-state index contributed by atoms with van der Waals surface area (Å²) in [5, 5.41) is 6.55. The molecular weight excluding hydrogens is 347 g/mol. The monoisotopic (exact) mass is 367 g/mol. The van der Waals surface area contributed by atoms with Gasteiger partial charge in [-0.3, -0.25) is 10.1 Å². The molecule has 0 aliphatic heterocycles. The molecular formula is C18H20F3N3O2. The maximum absolute atomic E-state index is 14.5. The van der Waals surface area contributed by atoms with Crippen molar-refractivity contribution < 1.29 is 22.7 Å². The molecule has 140 valence electrons. The number of hydrogen-bond acceptors (Lipinski definition) is 4. The van der Waals surface area contributed by atoms with Crippen LogP contribution in [0.5, 0.6) is 0 Å². The second-order valence-electron chi connectivity index (χ2n) is 6.50. The Morgan fingerprint density at radius 3 is 2.73 bits per heavy atom. The summed E-state index contributed by atoms with van der Waals surface area (Å²) in [4.78, 5) is 16.0. The molecule has 0 bridgehead atoms. The van der Waals surface area contributed by atoms with Gasteiger partial charge in [-0.05, 0) is 31.4 Å². The lowest BCUT2D eigenvalue weighted by Gasteiger charge is -2.28. The first-order valence-electron chi connectivity index (χ1n) is 8.61. The van der Waals surface area contributed by atoms with Gasteiger partial charge in [0, 0.05) is 31.4 Å². The Bertz CT molecular complexity index is 782. The zero-order chi connectivity index (χ0) is 18.7. The molecule has 0 spiro atoms. The Morgan fingerprint density at radius 1 is 1.35 bits per heavy atom. The Kier molecular flexibility index (Phi) is 5.29. The number of nitrogens with one attached hydrogen (secondary N) is 1. The van der Waals surface area contributed by atoms with Crippen LogP contribution in [0, 0.1) is 5.82 Å². The van der Waals surface area contributed by atoms with E-state index in [1.54, 1.807) is 6.92 Å². The van der Waals surface area contributed by atoms with Gasteiger partial charge in [0.1, 0.15) is 11.4 Å². The smallest absolute Gasteiger partial charge is 0.341 e. The maximum atomic E-state index is 14.5. The van der Waals surface area contributed by atoms with Gasteiger partial charge in [-0.1, -0.05) is 0 Å². The van der Waals surface area contributed by atoms with Gasteiger partial charge in [0.05, 0.1) is 24.2 Å². The largest absolute Gasteiger partial charge is 0.462 e. The second kappa shape index (κ2) is 7.47. The standard InChI is InChI=1S/C18H20F3N3O2/c1-2-26-17(25)13-10-23-24-15(13)8-11-7-14(19)16(22-9-11)12-3-5-18(20,21)6-4-12/h7,9-10,12H,2-6,8H2,1H3,(H,23,24). The lowest BCUT2D eigenvalue weighted by atomic mass is 9.84. The van der Waals surface area contributed by atoms with Gasteiger partial charge in [-0.15, -0.1) is 0 Å². The van der Waals surface area contributed by atoms with Crippen LogP contribution in [-0.4, -0.2) is 33.7 Å². The van der Waals surface area contributed by atoms with Crippen molar-refractivity contribution in [1.29, 1.82) is 0 Å². The highest BCUT2D eigenvalue weighted by Gasteiger charge is 2.36. The third-order valence-corrected chi connectivity index (χ3v) is 4.62. The highest BCUT2D eigenvalue weighted by molar-refractivity contribution is 5.90. The fraction of sp³-hybridized carbons (Fsp3) is 0.500. The summed E-state index contributed by atoms with van der Waals surface area (Å²) < 4.78 is 46.0. The first-order chi connectivity index (χ1) is 12.4. The van der Waals surface area contributed by atoms with Crippen LogP contribution in [0.4, 0.5) is 13.2 Å². The van der Waals surface area contributed by atoms with E-state index in [1.165, 1.54) is 18.5 Å². The molecule has 5 nitrogen and oxygen atoms in total. The van der Waals surface area contributed by atoms with E-state index in [1.807, 2.05) is 0 Å². The van der Waals surface area contributed by atoms with E-state index in [4.69, 9.17) is 4.74 Å². The predicted octanol–water partition coefficient (Wildman–Crippen LogP) is 4.00. The summed E-state index contributed by atoms with van der Waals surface area (Å²) in [6.45, 7) is 1.95. The van der Waals surface area contributed by atoms with Gasteiger partial charge >= 0.3 is 5.97 Å². The Hall–Kier alpha value is -2.38. The summed E-state index contributed by atoms with van der Waals surface area (Å²) in [6, 6.07) is 1.34. The van der Waals surface area contributed by atoms with E-state index in [2.05, 4.69) is 15.2 Å². The molecule has 1 aliphatic carbocycles. The number of hydrogen-bond donors (Lipinski definition) is 1. The highest BCUT2D eigenvalue weighted by atomic mass is 19.3. The minimum Gasteiger partial charge on any atom is -0.462 e. The normalized spacial score (nSPS) is 17.2. The van der Waals surface area contributed by atoms with Gasteiger partial charge in [0.25, 0.3) is 0 Å². The van der Waals surface area contributed by atoms with Crippen molar-refractivity contribution >= 4 is 5.97 Å². The van der Waals surface area contributed by atoms with Gasteiger partial charge in [-0.2, -0.15) is 5.10 Å². The zero-order valence-electron chi connectivity index (χ0n) is 14.4. The second-order valence-corrected chi connectivity index (χ2v) is 6.50. The summed E-state index contributed by atoms with van der Waals surface area (Å²) in [7, 11) is 0. The highest BCUT2D eigenvalue weighted by Crippen LogP contribution is 2.40. The van der Waals surface area contributed by atoms with Gasteiger partial charge in [0.15, 0.2) is 0 Å². The molecule has 0 amide bonds. The van der Waals surface area contributed by atoms with E-state index in [-0.39, 0.29) is 50.3 Å². The molecule has 1 fully saturated rings. The number of halogens is 3. The molecule has 1 aliphatic rings. The van der Waals surface area contributed by atoms with Crippen LogP contribution >= 0.6 is 0 Å². The number of ether oxygens (including phenoxy) is 1. The summed E-state index contributed by atoms with van der Waals surface area (Å²) in [5.74, 6) is -3.94. The Balaban J connectivity index is 1.73. The van der Waals surface area contributed by atoms with Crippen molar-refractivity contribution in [3.05, 3.63) is 46.8 Å². The number of carbonyl (C=O) groups is 1. The molecule has 2 aromatic heterocycles. The maximum Gasteiger partial charge on any atom is 0.341 e. The average molecular weight is 367 g/mol. The number of nitrogens with zero attached hydrogens (tertiary/aromatic N) is 2. The van der Waals surface area contributed by atoms with E-state index in [0.717, 1.165) is 0 Å². The molecule has 0 radical (unpaired) electrons. The van der Waals surface area contributed by atoms with Gasteiger partial charge < -0.3 is 4.74 Å². The van der Waals surface area contributed by atoms with Crippen LogP contribution in [-0.2, 0) is 11.2 Å². The average Bonchev–Trinajstić information content (AvgIpc) is 3.04. The fourth-order valence-corrected chi connectivity index (χ4v) is 3.24. The predicted molar refractivity (Wildman–Crippen MR) is 87.7 cm³/mol. The van der Waals surface area contributed by atoms with Crippen molar-refractivity contribution in [1.82, 2.24) is 15.2 Å². The first kappa shape index (κ1) is 18.4. The zero-order valence-corrected chi connectivity index (χ0v) is 14.4. The molecule has 1 N–H and O–H groups in total. The molecule has 1 saturated carbocycles. The molecule has 26 heavy (non-hydrogen) atoms. The third-order valence-electron chi connectivity index (χ3n) is 4.62. The van der Waals surface area contributed by atoms with E-state index in [9.17, 15) is 18.0 Å². The molecule has 0 aromatic carbocycles. The van der Waals surface area contributed by atoms with E-state index < -0.39 is 17.7 Å². The van der Waals surface area contributed by atoms with Crippen molar-refractivity contribution in [2.24, 2.45) is 0 Å². The van der Waals surface area contributed by atoms with Gasteiger partial charge in [-0.25, -0.2) is 18.0 Å². The molecule has 8 heteroatoms. The summed E-state index contributed by atoms with van der Waals surface area (Å²) >= 11 is 0. The number of aromatic amines is 1. The van der Waals surface area contributed by atoms with E-state index >= 15 is 0 Å². The van der Waals surface area contributed by atoms with Crippen molar-refractivity contribution in [3.63, 3.8) is 0 Å². The molecule has 2 heterocycles. The third kappa shape index (κ3) is 4.05. The SMILES string of the molecule is CCOC(=O)c1cn[nH]c1Cc1cnc(C2CCC(F)(F)CC2)c(F)c1. The number of carbonyl (C=O) groups excluding carboxylic acids is 1. The van der Waals surface area contributed by atoms with Crippen LogP contribution in [0.1, 0.15) is 65.8 Å². The minimum absolute atomic E-state index is 0.226. The van der Waals surface area contributed by atoms with Crippen LogP contribution in [0.25, 0.3) is 0 Å². The van der Waals surface area contributed by atoms with Crippen LogP contribution in [0.3, 0.4) is 0 Å². The van der Waals surface area contributed by atoms with Crippen molar-refractivity contribution in [3.8, 4) is 0 Å². The molecule has 3 rings (SSSR count). The van der Waals surface area contributed by atoms with Crippen molar-refractivity contribution in [2.45, 2.75) is 50.9 Å². The fourth-order valence-electron chi connectivity index (χ4n) is 3.24. The Morgan fingerprint density at radius 2 is 2.08 bits per heavy atom. The van der Waals surface area contributed by atoms with Gasteiger partial charge in [0.2, 0.25) is 5.92 Å². The number of alkyl halides is 2. The summed E-state index contributed by atoms with van der Waals surface area (Å²) in [6.07, 6.45) is 3.10. The lowest BCUT2D eigenvalue weighted by Crippen LogP contribution is -2.24. The molecule has 2 aromatic rings. The van der Waals surface area contributed by atoms with Crippen LogP contribution in [0.2, 0.25) is 0 Å². The first-order valence-corrected chi connectivity index (χ1v) is 8.61. The number of H-pyrrole nitrogens is 1. The van der Waals surface area contributed by atoms with Crippen LogP contribution < -0.4 is 0 Å². The number of pyridine rings is 1. The Labute approximate surface area is 149 Å². The van der Waals surface area contributed by atoms with Crippen molar-refractivity contribution in [2.75, 3.05) is 6.61 Å². The quantitative estimate of drug-likeness (QED) is 0.811. The minimum atomic E-state index is -2.66. The number of aromatic nitrogens is 3. The number of esters is 1. The molecule has 0 saturated heterocycles. The van der Waals surface area contributed by atoms with E-state index in [0.29, 0.717) is 16.8 Å². The molecule has 0 unspecified atom stereocenters. The topological polar surface area (TPSA) is 67.9 Å². The lowest BCUT2D eigenvalue weighted by molar-refractivity contribution is -0.0387.